The molecular formula is C23H50N4O3. The van der Waals surface area contributed by atoms with Crippen molar-refractivity contribution >= 4 is 0 Å². The molecular weight excluding hydrogens is 380 g/mol. The van der Waals surface area contributed by atoms with Gasteiger partial charge in [-0.2, -0.15) is 0 Å². The molecule has 0 unspecified atom stereocenters. The van der Waals surface area contributed by atoms with Gasteiger partial charge in [-0.15, -0.1) is 0 Å². The zero-order valence-electron chi connectivity index (χ0n) is 20.8. The first-order valence-electron chi connectivity index (χ1n) is 12.3. The molecule has 0 N–H and O–H groups in total. The molecule has 0 amide bonds. The van der Waals surface area contributed by atoms with Crippen LogP contribution in [-0.2, 0) is 14.2 Å². The normalized spacial score (nSPS) is 25.0. The van der Waals surface area contributed by atoms with Crippen molar-refractivity contribution in [1.82, 2.24) is 19.6 Å². The molecule has 0 aliphatic carbocycles. The molecule has 3 heterocycles. The highest BCUT2D eigenvalue weighted by Gasteiger charge is 2.42. The second kappa shape index (κ2) is 17.3. The van der Waals surface area contributed by atoms with E-state index in [2.05, 4.69) is 19.6 Å². The molecule has 3 aliphatic rings. The number of nitrogens with zero attached hydrogens (tertiary/aromatic N) is 4. The van der Waals surface area contributed by atoms with Gasteiger partial charge in [0.25, 0.3) is 0 Å². The number of methoxy groups -OCH3 is 2. The predicted molar refractivity (Wildman–Crippen MR) is 125 cm³/mol. The summed E-state index contributed by atoms with van der Waals surface area (Å²) in [6.45, 7) is 22.7. The number of hydrogen-bond acceptors (Lipinski definition) is 7. The summed E-state index contributed by atoms with van der Waals surface area (Å²) in [7, 11) is 3.57. The van der Waals surface area contributed by atoms with Gasteiger partial charge in [0.05, 0.1) is 26.4 Å². The third-order valence-electron chi connectivity index (χ3n) is 6.20. The predicted octanol–water partition coefficient (Wildman–Crippen LogP) is 1.72. The van der Waals surface area contributed by atoms with Crippen LogP contribution < -0.4 is 0 Å². The number of fused-ring (bicyclic) bond motifs is 2. The lowest BCUT2D eigenvalue weighted by Crippen LogP contribution is -2.48. The molecule has 2 atom stereocenters. The Morgan fingerprint density at radius 2 is 1.00 bits per heavy atom. The molecule has 3 rings (SSSR count). The van der Waals surface area contributed by atoms with E-state index in [4.69, 9.17) is 14.2 Å². The maximum atomic E-state index is 5.94. The fourth-order valence-electron chi connectivity index (χ4n) is 4.52. The molecule has 180 valence electrons. The Balaban J connectivity index is 0.00000106. The summed E-state index contributed by atoms with van der Waals surface area (Å²) < 4.78 is 16.3. The minimum absolute atomic E-state index is 0.737. The molecule has 0 spiro atoms. The van der Waals surface area contributed by atoms with Gasteiger partial charge in [-0.3, -0.25) is 19.6 Å². The number of likely N-dealkylation sites (tertiary alicyclic amines) is 2. The van der Waals surface area contributed by atoms with Crippen LogP contribution in [-0.4, -0.2) is 138 Å². The lowest BCUT2D eigenvalue weighted by Gasteiger charge is -2.35. The quantitative estimate of drug-likeness (QED) is 0.437. The van der Waals surface area contributed by atoms with Gasteiger partial charge in [-0.25, -0.2) is 0 Å². The van der Waals surface area contributed by atoms with Gasteiger partial charge in [0, 0.05) is 91.8 Å². The number of piperazine rings is 2. The average molecular weight is 431 g/mol. The van der Waals surface area contributed by atoms with E-state index < -0.39 is 0 Å². The molecule has 0 aromatic heterocycles. The van der Waals surface area contributed by atoms with Crippen molar-refractivity contribution in [3.8, 4) is 0 Å². The third kappa shape index (κ3) is 9.47. The van der Waals surface area contributed by atoms with E-state index >= 15 is 0 Å². The SMILES string of the molecule is CC.CC.COCCN1CCN(CCOCCN2C[C@@H]3C[C@H]2CN3CCOC)CC1. The summed E-state index contributed by atoms with van der Waals surface area (Å²) in [6, 6.07) is 1.48. The van der Waals surface area contributed by atoms with Gasteiger partial charge in [0.1, 0.15) is 0 Å². The highest BCUT2D eigenvalue weighted by molar-refractivity contribution is 4.99. The van der Waals surface area contributed by atoms with Crippen LogP contribution in [0.4, 0.5) is 0 Å². The molecule has 2 bridgehead atoms. The van der Waals surface area contributed by atoms with E-state index in [0.717, 1.165) is 90.9 Å². The molecule has 0 aromatic carbocycles. The van der Waals surface area contributed by atoms with Crippen molar-refractivity contribution in [2.24, 2.45) is 0 Å². The number of hydrogen-bond donors (Lipinski definition) is 0. The summed E-state index contributed by atoms with van der Waals surface area (Å²) in [5.41, 5.74) is 0. The van der Waals surface area contributed by atoms with Crippen LogP contribution in [0.2, 0.25) is 0 Å². The van der Waals surface area contributed by atoms with Gasteiger partial charge in [-0.1, -0.05) is 27.7 Å². The lowest BCUT2D eigenvalue weighted by atomic mass is 10.2. The van der Waals surface area contributed by atoms with Crippen molar-refractivity contribution in [1.29, 1.82) is 0 Å². The highest BCUT2D eigenvalue weighted by Crippen LogP contribution is 2.29. The number of ether oxygens (including phenoxy) is 3. The Kier molecular flexibility index (Phi) is 16.0. The first-order chi connectivity index (χ1) is 14.8. The van der Waals surface area contributed by atoms with Crippen LogP contribution in [0.25, 0.3) is 0 Å². The van der Waals surface area contributed by atoms with Gasteiger partial charge in [0.2, 0.25) is 0 Å². The minimum Gasteiger partial charge on any atom is -0.383 e. The Morgan fingerprint density at radius 3 is 1.47 bits per heavy atom. The molecule has 7 heteroatoms. The summed E-state index contributed by atoms with van der Waals surface area (Å²) >= 11 is 0. The molecule has 3 fully saturated rings. The summed E-state index contributed by atoms with van der Waals surface area (Å²) in [5, 5.41) is 0. The molecule has 3 saturated heterocycles. The first-order valence-corrected chi connectivity index (χ1v) is 12.3. The van der Waals surface area contributed by atoms with Gasteiger partial charge >= 0.3 is 0 Å². The van der Waals surface area contributed by atoms with Gasteiger partial charge in [-0.05, 0) is 6.42 Å². The van der Waals surface area contributed by atoms with E-state index in [-0.39, 0.29) is 0 Å². The van der Waals surface area contributed by atoms with Crippen LogP contribution in [0.15, 0.2) is 0 Å². The van der Waals surface area contributed by atoms with Crippen molar-refractivity contribution in [2.75, 3.05) is 106 Å². The van der Waals surface area contributed by atoms with Crippen molar-refractivity contribution in [3.63, 3.8) is 0 Å². The van der Waals surface area contributed by atoms with Crippen molar-refractivity contribution in [2.45, 2.75) is 46.2 Å². The second-order valence-electron chi connectivity index (χ2n) is 7.81. The standard InChI is InChI=1S/C19H38N4O3.2C2H6/c1-24-11-7-20-3-5-21(6-4-20)8-13-26-14-10-23-17-18-15-19(23)16-22(18)9-12-25-2;2*1-2/h18-19H,3-17H2,1-2H3;2*1-2H3/t18-,19-;;/m0../s1. The number of rotatable bonds is 12. The summed E-state index contributed by atoms with van der Waals surface area (Å²) in [4.78, 5) is 10.2. The molecule has 0 saturated carbocycles. The first kappa shape index (κ1) is 27.8. The second-order valence-corrected chi connectivity index (χ2v) is 7.81. The molecule has 7 nitrogen and oxygen atoms in total. The smallest absolute Gasteiger partial charge is 0.0594 e. The van der Waals surface area contributed by atoms with Crippen LogP contribution in [0, 0.1) is 0 Å². The molecule has 30 heavy (non-hydrogen) atoms. The summed E-state index contributed by atoms with van der Waals surface area (Å²) in [5.74, 6) is 0. The average Bonchev–Trinajstić information content (AvgIpc) is 3.40. The van der Waals surface area contributed by atoms with Crippen molar-refractivity contribution < 1.29 is 14.2 Å². The Labute approximate surface area is 186 Å². The molecule has 0 aromatic rings. The van der Waals surface area contributed by atoms with E-state index in [1.165, 1.54) is 19.5 Å². The van der Waals surface area contributed by atoms with Gasteiger partial charge in [0.15, 0.2) is 0 Å². The zero-order valence-corrected chi connectivity index (χ0v) is 20.8. The van der Waals surface area contributed by atoms with Crippen LogP contribution in [0.5, 0.6) is 0 Å². The van der Waals surface area contributed by atoms with E-state index in [0.29, 0.717) is 0 Å². The van der Waals surface area contributed by atoms with Crippen molar-refractivity contribution in [3.05, 3.63) is 0 Å². The maximum absolute atomic E-state index is 5.94. The maximum Gasteiger partial charge on any atom is 0.0594 e. The fourth-order valence-corrected chi connectivity index (χ4v) is 4.52. The fraction of sp³-hybridized carbons (Fsp3) is 1.00. The van der Waals surface area contributed by atoms with E-state index in [1.807, 2.05) is 27.7 Å². The lowest BCUT2D eigenvalue weighted by molar-refractivity contribution is 0.0443. The van der Waals surface area contributed by atoms with E-state index in [9.17, 15) is 0 Å². The monoisotopic (exact) mass is 430 g/mol. The molecule has 0 radical (unpaired) electrons. The Morgan fingerprint density at radius 1 is 0.600 bits per heavy atom. The highest BCUT2D eigenvalue weighted by atomic mass is 16.5. The summed E-state index contributed by atoms with van der Waals surface area (Å²) in [6.07, 6.45) is 1.33. The largest absolute Gasteiger partial charge is 0.383 e. The molecule has 3 aliphatic heterocycles. The van der Waals surface area contributed by atoms with Crippen LogP contribution in [0.3, 0.4) is 0 Å². The Bertz CT molecular complexity index is 395. The van der Waals surface area contributed by atoms with Gasteiger partial charge < -0.3 is 14.2 Å². The zero-order chi connectivity index (χ0) is 22.2. The van der Waals surface area contributed by atoms with Crippen LogP contribution in [0.1, 0.15) is 34.1 Å². The minimum atomic E-state index is 0.737. The van der Waals surface area contributed by atoms with E-state index in [1.54, 1.807) is 14.2 Å². The van der Waals surface area contributed by atoms with Crippen LogP contribution >= 0.6 is 0 Å². The third-order valence-corrected chi connectivity index (χ3v) is 6.20. The Hall–Kier alpha value is -0.280. The topological polar surface area (TPSA) is 40.7 Å².